The number of pyridine rings is 1. The van der Waals surface area contributed by atoms with Crippen LogP contribution < -0.4 is 0 Å². The molecule has 1 heterocycles. The van der Waals surface area contributed by atoms with E-state index in [0.29, 0.717) is 28.2 Å². The molecule has 1 aromatic carbocycles. The maximum absolute atomic E-state index is 12.7. The maximum atomic E-state index is 12.7. The number of carbonyl (C=O) groups is 1. The molecular weight excluding hydrogens is 307 g/mol. The first-order valence-corrected chi connectivity index (χ1v) is 7.55. The highest BCUT2D eigenvalue weighted by Crippen LogP contribution is 2.31. The molecule has 1 aliphatic carbocycles. The average Bonchev–Trinajstić information content (AvgIpc) is 3.31. The normalized spacial score (nSPS) is 14.0. The topological polar surface area (TPSA) is 33.2 Å². The summed E-state index contributed by atoms with van der Waals surface area (Å²) in [6.45, 7) is 0.561. The number of benzene rings is 1. The molecule has 5 heteroatoms. The summed E-state index contributed by atoms with van der Waals surface area (Å²) in [4.78, 5) is 18.6. The number of amides is 1. The van der Waals surface area contributed by atoms with Crippen molar-refractivity contribution < 1.29 is 4.79 Å². The van der Waals surface area contributed by atoms with E-state index in [0.717, 1.165) is 18.4 Å². The third-order valence-electron chi connectivity index (χ3n) is 3.51. The fourth-order valence-corrected chi connectivity index (χ4v) is 2.54. The molecule has 2 aromatic rings. The zero-order chi connectivity index (χ0) is 14.8. The molecule has 3 nitrogen and oxygen atoms in total. The second kappa shape index (κ2) is 6.04. The number of carbonyl (C=O) groups excluding carboxylic acids is 1. The second-order valence-corrected chi connectivity index (χ2v) is 5.99. The highest BCUT2D eigenvalue weighted by molar-refractivity contribution is 6.33. The van der Waals surface area contributed by atoms with Crippen molar-refractivity contribution in [2.24, 2.45) is 0 Å². The van der Waals surface area contributed by atoms with E-state index in [4.69, 9.17) is 23.2 Å². The van der Waals surface area contributed by atoms with Gasteiger partial charge in [0.2, 0.25) is 0 Å². The molecule has 0 aliphatic heterocycles. The molecule has 0 saturated heterocycles. The Morgan fingerprint density at radius 1 is 1.19 bits per heavy atom. The van der Waals surface area contributed by atoms with Crippen LogP contribution in [0.25, 0.3) is 0 Å². The van der Waals surface area contributed by atoms with E-state index in [-0.39, 0.29) is 5.91 Å². The van der Waals surface area contributed by atoms with E-state index in [1.807, 2.05) is 29.2 Å². The minimum atomic E-state index is -0.0643. The standard InChI is InChI=1S/C16H14Cl2N2O/c17-12-3-1-11(2-4-12)10-20(13-5-6-13)16(21)14-9-19-8-7-15(14)18/h1-4,7-9,13H,5-6,10H2. The van der Waals surface area contributed by atoms with Crippen LogP contribution >= 0.6 is 23.2 Å². The minimum Gasteiger partial charge on any atom is -0.331 e. The van der Waals surface area contributed by atoms with Crippen molar-refractivity contribution in [1.82, 2.24) is 9.88 Å². The molecule has 3 rings (SSSR count). The maximum Gasteiger partial charge on any atom is 0.257 e. The number of aromatic nitrogens is 1. The van der Waals surface area contributed by atoms with Gasteiger partial charge in [-0.15, -0.1) is 0 Å². The van der Waals surface area contributed by atoms with Gasteiger partial charge in [0.05, 0.1) is 10.6 Å². The van der Waals surface area contributed by atoms with E-state index in [9.17, 15) is 4.79 Å². The largest absolute Gasteiger partial charge is 0.331 e. The number of hydrogen-bond acceptors (Lipinski definition) is 2. The van der Waals surface area contributed by atoms with Crippen LogP contribution in [0.15, 0.2) is 42.7 Å². The van der Waals surface area contributed by atoms with Crippen molar-refractivity contribution in [2.45, 2.75) is 25.4 Å². The number of nitrogens with zero attached hydrogens (tertiary/aromatic N) is 2. The molecular formula is C16H14Cl2N2O. The lowest BCUT2D eigenvalue weighted by molar-refractivity contribution is 0.0729. The van der Waals surface area contributed by atoms with Crippen molar-refractivity contribution in [1.29, 1.82) is 0 Å². The van der Waals surface area contributed by atoms with Gasteiger partial charge >= 0.3 is 0 Å². The molecule has 0 N–H and O–H groups in total. The molecule has 1 aromatic heterocycles. The van der Waals surface area contributed by atoms with Crippen molar-refractivity contribution in [2.75, 3.05) is 0 Å². The van der Waals surface area contributed by atoms with Gasteiger partial charge in [-0.3, -0.25) is 9.78 Å². The molecule has 1 aliphatic rings. The Kier molecular flexibility index (Phi) is 4.13. The molecule has 1 fully saturated rings. The van der Waals surface area contributed by atoms with Gasteiger partial charge in [-0.1, -0.05) is 35.3 Å². The zero-order valence-electron chi connectivity index (χ0n) is 11.3. The fraction of sp³-hybridized carbons (Fsp3) is 0.250. The summed E-state index contributed by atoms with van der Waals surface area (Å²) in [5, 5.41) is 1.13. The molecule has 0 atom stereocenters. The van der Waals surface area contributed by atoms with Crippen molar-refractivity contribution in [3.63, 3.8) is 0 Å². The molecule has 1 amide bonds. The number of rotatable bonds is 4. The molecule has 0 radical (unpaired) electrons. The first kappa shape index (κ1) is 14.4. The Bertz CT molecular complexity index is 654. The summed E-state index contributed by atoms with van der Waals surface area (Å²) in [5.41, 5.74) is 1.51. The zero-order valence-corrected chi connectivity index (χ0v) is 12.8. The first-order valence-electron chi connectivity index (χ1n) is 6.80. The monoisotopic (exact) mass is 320 g/mol. The van der Waals surface area contributed by atoms with Crippen LogP contribution in [0.4, 0.5) is 0 Å². The van der Waals surface area contributed by atoms with E-state index < -0.39 is 0 Å². The predicted molar refractivity (Wildman–Crippen MR) is 83.6 cm³/mol. The van der Waals surface area contributed by atoms with Gasteiger partial charge in [0, 0.05) is 30.0 Å². The summed E-state index contributed by atoms with van der Waals surface area (Å²) in [6, 6.07) is 9.49. The molecule has 1 saturated carbocycles. The lowest BCUT2D eigenvalue weighted by Crippen LogP contribution is -2.32. The van der Waals surface area contributed by atoms with E-state index in [1.165, 1.54) is 6.20 Å². The molecule has 0 spiro atoms. The summed E-state index contributed by atoms with van der Waals surface area (Å²) in [5.74, 6) is -0.0643. The van der Waals surface area contributed by atoms with Gasteiger partial charge in [-0.05, 0) is 36.6 Å². The van der Waals surface area contributed by atoms with Gasteiger partial charge in [0.25, 0.3) is 5.91 Å². The average molecular weight is 321 g/mol. The first-order chi connectivity index (χ1) is 10.1. The van der Waals surface area contributed by atoms with Crippen molar-refractivity contribution in [3.05, 3.63) is 63.9 Å². The Morgan fingerprint density at radius 2 is 1.90 bits per heavy atom. The molecule has 21 heavy (non-hydrogen) atoms. The van der Waals surface area contributed by atoms with Gasteiger partial charge in [-0.25, -0.2) is 0 Å². The summed E-state index contributed by atoms with van der Waals surface area (Å²) < 4.78 is 0. The SMILES string of the molecule is O=C(c1cnccc1Cl)N(Cc1ccc(Cl)cc1)C1CC1. The summed E-state index contributed by atoms with van der Waals surface area (Å²) in [7, 11) is 0. The third-order valence-corrected chi connectivity index (χ3v) is 4.09. The van der Waals surface area contributed by atoms with Crippen LogP contribution in [-0.2, 0) is 6.54 Å². The van der Waals surface area contributed by atoms with Crippen LogP contribution in [0, 0.1) is 0 Å². The van der Waals surface area contributed by atoms with Crippen LogP contribution in [-0.4, -0.2) is 21.8 Å². The van der Waals surface area contributed by atoms with Gasteiger partial charge in [0.15, 0.2) is 0 Å². The van der Waals surface area contributed by atoms with E-state index in [1.54, 1.807) is 12.3 Å². The Hall–Kier alpha value is -1.58. The Labute approximate surface area is 133 Å². The quantitative estimate of drug-likeness (QED) is 0.846. The van der Waals surface area contributed by atoms with Crippen LogP contribution in [0.1, 0.15) is 28.8 Å². The lowest BCUT2D eigenvalue weighted by Gasteiger charge is -2.23. The van der Waals surface area contributed by atoms with Crippen LogP contribution in [0.2, 0.25) is 10.0 Å². The highest BCUT2D eigenvalue weighted by Gasteiger charge is 2.33. The predicted octanol–water partition coefficient (Wildman–Crippen LogP) is 4.19. The molecule has 0 bridgehead atoms. The Morgan fingerprint density at radius 3 is 2.52 bits per heavy atom. The lowest BCUT2D eigenvalue weighted by atomic mass is 10.2. The van der Waals surface area contributed by atoms with Crippen LogP contribution in [0.3, 0.4) is 0 Å². The highest BCUT2D eigenvalue weighted by atomic mass is 35.5. The fourth-order valence-electron chi connectivity index (χ4n) is 2.23. The van der Waals surface area contributed by atoms with Crippen molar-refractivity contribution in [3.8, 4) is 0 Å². The summed E-state index contributed by atoms with van der Waals surface area (Å²) >= 11 is 12.0. The van der Waals surface area contributed by atoms with Gasteiger partial charge < -0.3 is 4.90 Å². The van der Waals surface area contributed by atoms with Crippen LogP contribution in [0.5, 0.6) is 0 Å². The van der Waals surface area contributed by atoms with E-state index in [2.05, 4.69) is 4.98 Å². The Balaban J connectivity index is 1.83. The van der Waals surface area contributed by atoms with Crippen molar-refractivity contribution >= 4 is 29.1 Å². The molecule has 0 unspecified atom stereocenters. The molecule has 108 valence electrons. The van der Waals surface area contributed by atoms with Gasteiger partial charge in [-0.2, -0.15) is 0 Å². The third kappa shape index (κ3) is 3.36. The van der Waals surface area contributed by atoms with Gasteiger partial charge in [0.1, 0.15) is 0 Å². The summed E-state index contributed by atoms with van der Waals surface area (Å²) in [6.07, 6.45) is 5.19. The number of hydrogen-bond donors (Lipinski definition) is 0. The minimum absolute atomic E-state index is 0.0643. The smallest absolute Gasteiger partial charge is 0.257 e. The second-order valence-electron chi connectivity index (χ2n) is 5.15. The number of halogens is 2. The van der Waals surface area contributed by atoms with E-state index >= 15 is 0 Å².